The van der Waals surface area contributed by atoms with Crippen LogP contribution in [0.3, 0.4) is 0 Å². The molecule has 3 aromatic carbocycles. The van der Waals surface area contributed by atoms with Crippen LogP contribution in [-0.4, -0.2) is 70.0 Å². The molecule has 0 bridgehead atoms. The van der Waals surface area contributed by atoms with Crippen LogP contribution in [0.5, 0.6) is 17.2 Å². The Kier molecular flexibility index (Phi) is 12.5. The zero-order valence-electron chi connectivity index (χ0n) is 28.0. The van der Waals surface area contributed by atoms with Crippen LogP contribution >= 0.6 is 0 Å². The van der Waals surface area contributed by atoms with Crippen molar-refractivity contribution in [3.63, 3.8) is 0 Å². The van der Waals surface area contributed by atoms with Crippen molar-refractivity contribution in [3.05, 3.63) is 114 Å². The second-order valence-corrected chi connectivity index (χ2v) is 12.3. The number of phenols is 2. The lowest BCUT2D eigenvalue weighted by atomic mass is 9.96. The SMILES string of the molecule is CC(Cc1ccccc1)Oc1cc(-c2ccccc2O)nnc1N.CN(C)CC1CCN(C(/C=C(\N)c2ccccc2O)=C(N)N)CC1. The number of anilines is 1. The largest absolute Gasteiger partial charge is 0.507 e. The average Bonchev–Trinajstić information content (AvgIpc) is 3.06. The van der Waals surface area contributed by atoms with Gasteiger partial charge in [-0.2, -0.15) is 0 Å². The maximum absolute atomic E-state index is 9.96. The first kappa shape index (κ1) is 35.4. The number of nitrogen functional groups attached to an aromatic ring is 1. The molecule has 1 atom stereocenters. The molecule has 1 aliphatic rings. The molecule has 0 spiro atoms. The number of benzene rings is 3. The Morgan fingerprint density at radius 3 is 2.17 bits per heavy atom. The third-order valence-corrected chi connectivity index (χ3v) is 8.04. The van der Waals surface area contributed by atoms with Crippen LogP contribution in [0.1, 0.15) is 30.9 Å². The molecule has 1 aromatic heterocycles. The van der Waals surface area contributed by atoms with Crippen LogP contribution < -0.4 is 27.7 Å². The van der Waals surface area contributed by atoms with Gasteiger partial charge in [0.1, 0.15) is 29.1 Å². The lowest BCUT2D eigenvalue weighted by molar-refractivity contribution is 0.196. The summed E-state index contributed by atoms with van der Waals surface area (Å²) in [5.74, 6) is 1.92. The third-order valence-electron chi connectivity index (χ3n) is 8.04. The van der Waals surface area contributed by atoms with Gasteiger partial charge in [0.2, 0.25) is 0 Å². The molecule has 1 aliphatic heterocycles. The molecule has 0 radical (unpaired) electrons. The molecule has 0 saturated carbocycles. The molecule has 11 heteroatoms. The molecular weight excluding hydrogens is 604 g/mol. The maximum Gasteiger partial charge on any atom is 0.188 e. The van der Waals surface area contributed by atoms with Crippen LogP contribution in [0.25, 0.3) is 17.0 Å². The van der Waals surface area contributed by atoms with Crippen LogP contribution in [0.4, 0.5) is 5.82 Å². The van der Waals surface area contributed by atoms with Gasteiger partial charge in [-0.3, -0.25) is 0 Å². The number of nitrogens with two attached hydrogens (primary N) is 4. The number of nitrogens with zero attached hydrogens (tertiary/aromatic N) is 4. The minimum Gasteiger partial charge on any atom is -0.507 e. The Morgan fingerprint density at radius 1 is 0.917 bits per heavy atom. The zero-order chi connectivity index (χ0) is 34.6. The molecule has 10 N–H and O–H groups in total. The van der Waals surface area contributed by atoms with Gasteiger partial charge in [-0.15, -0.1) is 10.2 Å². The Labute approximate surface area is 283 Å². The molecule has 0 amide bonds. The van der Waals surface area contributed by atoms with Gasteiger partial charge in [0.15, 0.2) is 11.6 Å². The molecule has 2 heterocycles. The average molecular weight is 653 g/mol. The highest BCUT2D eigenvalue weighted by atomic mass is 16.5. The van der Waals surface area contributed by atoms with Crippen LogP contribution in [-0.2, 0) is 6.42 Å². The number of aromatic nitrogens is 2. The number of likely N-dealkylation sites (tertiary alicyclic amines) is 1. The highest BCUT2D eigenvalue weighted by Crippen LogP contribution is 2.31. The lowest BCUT2D eigenvalue weighted by Crippen LogP contribution is -2.38. The van der Waals surface area contributed by atoms with Crippen molar-refractivity contribution in [2.45, 2.75) is 32.3 Å². The molecule has 254 valence electrons. The normalized spacial score (nSPS) is 14.2. The monoisotopic (exact) mass is 652 g/mol. The van der Waals surface area contributed by atoms with Gasteiger partial charge < -0.3 is 47.7 Å². The van der Waals surface area contributed by atoms with Crippen LogP contribution in [0, 0.1) is 5.92 Å². The number of rotatable bonds is 10. The first-order valence-corrected chi connectivity index (χ1v) is 16.0. The van der Waals surface area contributed by atoms with Gasteiger partial charge in [-0.05, 0) is 75.7 Å². The maximum atomic E-state index is 9.96. The van der Waals surface area contributed by atoms with E-state index in [-0.39, 0.29) is 29.2 Å². The van der Waals surface area contributed by atoms with E-state index in [1.165, 1.54) is 5.56 Å². The standard InChI is InChI=1S/C19H19N3O2.C18H29N5O/c1-13(11-14-7-3-2-4-8-14)24-18-12-16(21-22-19(18)20)15-9-5-6-10-17(15)23;1-22(2)12-13-7-9-23(10-8-13)16(18(20)21)11-15(19)14-5-3-4-6-17(14)24/h2-10,12-13,23H,11H2,1H3,(H2,20,22);3-6,11,13,24H,7-10,12,19-21H2,1-2H3/b;15-11-. The molecule has 48 heavy (non-hydrogen) atoms. The first-order valence-electron chi connectivity index (χ1n) is 16.0. The summed E-state index contributed by atoms with van der Waals surface area (Å²) in [4.78, 5) is 4.40. The first-order chi connectivity index (χ1) is 23.0. The fourth-order valence-electron chi connectivity index (χ4n) is 5.68. The van der Waals surface area contributed by atoms with Gasteiger partial charge in [0.25, 0.3) is 0 Å². The minimum atomic E-state index is -0.0730. The third kappa shape index (κ3) is 10.0. The second-order valence-electron chi connectivity index (χ2n) is 12.3. The predicted octanol–water partition coefficient (Wildman–Crippen LogP) is 4.49. The topological polar surface area (TPSA) is 186 Å². The van der Waals surface area contributed by atoms with E-state index in [9.17, 15) is 10.2 Å². The molecule has 5 rings (SSSR count). The molecule has 1 saturated heterocycles. The Hall–Kier alpha value is -5.42. The van der Waals surface area contributed by atoms with Crippen LogP contribution in [0.2, 0.25) is 0 Å². The quantitative estimate of drug-likeness (QED) is 0.133. The summed E-state index contributed by atoms with van der Waals surface area (Å²) >= 11 is 0. The number of phenolic OH excluding ortho intramolecular Hbond substituents is 2. The summed E-state index contributed by atoms with van der Waals surface area (Å²) in [6.45, 7) is 4.87. The highest BCUT2D eigenvalue weighted by Gasteiger charge is 2.22. The summed E-state index contributed by atoms with van der Waals surface area (Å²) in [5.41, 5.74) is 27.9. The van der Waals surface area contributed by atoms with E-state index >= 15 is 0 Å². The Balaban J connectivity index is 0.000000217. The zero-order valence-corrected chi connectivity index (χ0v) is 28.0. The van der Waals surface area contributed by atoms with Crippen LogP contribution in [0.15, 0.2) is 103 Å². The van der Waals surface area contributed by atoms with Gasteiger partial charge in [0.05, 0.1) is 5.70 Å². The number of ether oxygens (including phenoxy) is 1. The van der Waals surface area contributed by atoms with Gasteiger partial charge >= 0.3 is 0 Å². The van der Waals surface area contributed by atoms with E-state index in [4.69, 9.17) is 27.7 Å². The van der Waals surface area contributed by atoms with Crippen molar-refractivity contribution in [1.29, 1.82) is 0 Å². The summed E-state index contributed by atoms with van der Waals surface area (Å²) in [6, 6.07) is 25.7. The molecular formula is C37H48N8O3. The summed E-state index contributed by atoms with van der Waals surface area (Å²) in [5, 5.41) is 27.9. The van der Waals surface area contributed by atoms with Gasteiger partial charge in [0, 0.05) is 48.9 Å². The van der Waals surface area contributed by atoms with E-state index in [2.05, 4.69) is 46.2 Å². The Bertz CT molecular complexity index is 1680. The minimum absolute atomic E-state index is 0.0730. The number of aromatic hydroxyl groups is 2. The van der Waals surface area contributed by atoms with Crippen molar-refractivity contribution in [3.8, 4) is 28.5 Å². The Morgan fingerprint density at radius 2 is 1.54 bits per heavy atom. The number of para-hydroxylation sites is 2. The van der Waals surface area contributed by atoms with E-state index in [1.807, 2.05) is 37.3 Å². The molecule has 11 nitrogen and oxygen atoms in total. The molecule has 4 aromatic rings. The van der Waals surface area contributed by atoms with E-state index in [0.29, 0.717) is 34.2 Å². The number of allylic oxidation sites excluding steroid dienone is 1. The van der Waals surface area contributed by atoms with Crippen molar-refractivity contribution >= 4 is 11.5 Å². The second kappa shape index (κ2) is 16.9. The number of hydrogen-bond donors (Lipinski definition) is 6. The fourth-order valence-corrected chi connectivity index (χ4v) is 5.68. The van der Waals surface area contributed by atoms with Crippen molar-refractivity contribution in [1.82, 2.24) is 20.0 Å². The lowest BCUT2D eigenvalue weighted by Gasteiger charge is -2.35. The predicted molar refractivity (Wildman–Crippen MR) is 192 cm³/mol. The van der Waals surface area contributed by atoms with Crippen molar-refractivity contribution < 1.29 is 14.9 Å². The van der Waals surface area contributed by atoms with Crippen molar-refractivity contribution in [2.75, 3.05) is 39.5 Å². The number of piperidine rings is 1. The van der Waals surface area contributed by atoms with E-state index < -0.39 is 0 Å². The highest BCUT2D eigenvalue weighted by molar-refractivity contribution is 5.70. The number of hydrogen-bond acceptors (Lipinski definition) is 11. The summed E-state index contributed by atoms with van der Waals surface area (Å²) in [6.07, 6.45) is 4.64. The summed E-state index contributed by atoms with van der Waals surface area (Å²) in [7, 11) is 4.21. The van der Waals surface area contributed by atoms with E-state index in [0.717, 1.165) is 44.6 Å². The molecule has 0 aliphatic carbocycles. The van der Waals surface area contributed by atoms with E-state index in [1.54, 1.807) is 48.5 Å². The van der Waals surface area contributed by atoms with Crippen molar-refractivity contribution in [2.24, 2.45) is 23.1 Å². The fraction of sp³-hybridized carbons (Fsp3) is 0.297. The molecule has 1 fully saturated rings. The summed E-state index contributed by atoms with van der Waals surface area (Å²) < 4.78 is 5.94. The van der Waals surface area contributed by atoms with Gasteiger partial charge in [-0.25, -0.2) is 0 Å². The molecule has 1 unspecified atom stereocenters. The smallest absolute Gasteiger partial charge is 0.188 e. The van der Waals surface area contributed by atoms with Gasteiger partial charge in [-0.1, -0.05) is 54.6 Å².